The van der Waals surface area contributed by atoms with Gasteiger partial charge in [-0.25, -0.2) is 13.2 Å². The maximum absolute atomic E-state index is 14.8. The Morgan fingerprint density at radius 1 is 0.926 bits per heavy atom. The van der Waals surface area contributed by atoms with E-state index in [1.54, 1.807) is 0 Å². The van der Waals surface area contributed by atoms with E-state index in [1.807, 2.05) is 0 Å². The molecule has 0 saturated heterocycles. The number of hydrogen-bond acceptors (Lipinski definition) is 2. The molecule has 0 aliphatic carbocycles. The van der Waals surface area contributed by atoms with Crippen molar-refractivity contribution in [3.05, 3.63) is 41.2 Å². The molecule has 2 nitrogen and oxygen atoms in total. The van der Waals surface area contributed by atoms with Crippen LogP contribution in [0.1, 0.15) is 38.2 Å². The number of benzene rings is 2. The number of hydrogen-bond donors (Lipinski definition) is 2. The molecule has 0 aliphatic heterocycles. The van der Waals surface area contributed by atoms with Crippen molar-refractivity contribution in [1.29, 1.82) is 0 Å². The summed E-state index contributed by atoms with van der Waals surface area (Å²) in [4.78, 5) is 0. The standard InChI is InChI=1S/C20H28BF3O2Si/c1-4-5-11-27(2,3)12-7-6-8-14-9-10-15-16(19(14)23)13-17(22)20(24)18(15)21(25)26/h9-10,13,25-26H,4-8,11-12H2,1-3H3. The van der Waals surface area contributed by atoms with E-state index in [1.165, 1.54) is 37.1 Å². The van der Waals surface area contributed by atoms with Crippen molar-refractivity contribution in [3.8, 4) is 0 Å². The van der Waals surface area contributed by atoms with Crippen LogP contribution in [0.15, 0.2) is 18.2 Å². The van der Waals surface area contributed by atoms with Crippen molar-refractivity contribution in [2.45, 2.75) is 64.2 Å². The molecule has 2 aromatic rings. The van der Waals surface area contributed by atoms with Gasteiger partial charge in [0.15, 0.2) is 11.6 Å². The highest BCUT2D eigenvalue weighted by atomic mass is 28.3. The highest BCUT2D eigenvalue weighted by Gasteiger charge is 2.25. The molecular formula is C20H28BF3O2Si. The largest absolute Gasteiger partial charge is 0.492 e. The van der Waals surface area contributed by atoms with Crippen molar-refractivity contribution in [2.75, 3.05) is 0 Å². The molecule has 0 heterocycles. The minimum atomic E-state index is -2.20. The summed E-state index contributed by atoms with van der Waals surface area (Å²) in [5.41, 5.74) is -0.181. The average molecular weight is 396 g/mol. The summed E-state index contributed by atoms with van der Waals surface area (Å²) < 4.78 is 42.4. The Balaban J connectivity index is 2.14. The molecule has 0 aliphatic rings. The monoisotopic (exact) mass is 396 g/mol. The van der Waals surface area contributed by atoms with Crippen LogP contribution >= 0.6 is 0 Å². The van der Waals surface area contributed by atoms with Gasteiger partial charge in [0.2, 0.25) is 0 Å². The Labute approximate surface area is 160 Å². The fraction of sp³-hybridized carbons (Fsp3) is 0.500. The van der Waals surface area contributed by atoms with E-state index in [4.69, 9.17) is 0 Å². The van der Waals surface area contributed by atoms with Crippen LogP contribution in [0.5, 0.6) is 0 Å². The molecule has 0 aromatic heterocycles. The molecule has 7 heteroatoms. The third-order valence-electron chi connectivity index (χ3n) is 5.28. The summed E-state index contributed by atoms with van der Waals surface area (Å²) in [5.74, 6) is -3.26. The van der Waals surface area contributed by atoms with Crippen LogP contribution in [0.2, 0.25) is 25.2 Å². The van der Waals surface area contributed by atoms with Crippen molar-refractivity contribution < 1.29 is 23.2 Å². The van der Waals surface area contributed by atoms with Gasteiger partial charge in [-0.05, 0) is 29.9 Å². The summed E-state index contributed by atoms with van der Waals surface area (Å²) in [6, 6.07) is 6.26. The van der Waals surface area contributed by atoms with Gasteiger partial charge in [0, 0.05) is 18.9 Å². The quantitative estimate of drug-likeness (QED) is 0.474. The molecule has 0 bridgehead atoms. The maximum Gasteiger partial charge on any atom is 0.492 e. The van der Waals surface area contributed by atoms with E-state index in [9.17, 15) is 23.2 Å². The fourth-order valence-electron chi connectivity index (χ4n) is 3.60. The van der Waals surface area contributed by atoms with Crippen LogP contribution in [-0.4, -0.2) is 25.2 Å². The first kappa shape index (κ1) is 22.0. The Morgan fingerprint density at radius 3 is 2.22 bits per heavy atom. The third kappa shape index (κ3) is 5.36. The lowest BCUT2D eigenvalue weighted by molar-refractivity contribution is 0.421. The van der Waals surface area contributed by atoms with Gasteiger partial charge in [0.05, 0.1) is 0 Å². The second kappa shape index (κ2) is 9.26. The van der Waals surface area contributed by atoms with E-state index in [-0.39, 0.29) is 10.8 Å². The van der Waals surface area contributed by atoms with Crippen molar-refractivity contribution in [3.63, 3.8) is 0 Å². The SMILES string of the molecule is CCCC[Si](C)(C)CCCCc1ccc2c(B(O)O)c(F)c(F)cc2c1F. The lowest BCUT2D eigenvalue weighted by atomic mass is 9.76. The van der Waals surface area contributed by atoms with Gasteiger partial charge >= 0.3 is 7.12 Å². The topological polar surface area (TPSA) is 40.5 Å². The first-order valence-electron chi connectivity index (χ1n) is 9.63. The van der Waals surface area contributed by atoms with E-state index < -0.39 is 38.1 Å². The predicted molar refractivity (Wildman–Crippen MR) is 109 cm³/mol. The lowest BCUT2D eigenvalue weighted by Gasteiger charge is -2.22. The van der Waals surface area contributed by atoms with Gasteiger partial charge in [-0.3, -0.25) is 0 Å². The van der Waals surface area contributed by atoms with E-state index in [0.29, 0.717) is 12.0 Å². The van der Waals surface area contributed by atoms with Crippen LogP contribution < -0.4 is 5.46 Å². The molecule has 27 heavy (non-hydrogen) atoms. The summed E-state index contributed by atoms with van der Waals surface area (Å²) >= 11 is 0. The second-order valence-corrected chi connectivity index (χ2v) is 13.4. The normalized spacial score (nSPS) is 12.0. The smallest absolute Gasteiger partial charge is 0.423 e. The summed E-state index contributed by atoms with van der Waals surface area (Å²) in [7, 11) is -3.40. The summed E-state index contributed by atoms with van der Waals surface area (Å²) in [6.45, 7) is 6.97. The Bertz CT molecular complexity index is 797. The Kier molecular flexibility index (Phi) is 7.54. The highest BCUT2D eigenvalue weighted by molar-refractivity contribution is 6.77. The van der Waals surface area contributed by atoms with Gasteiger partial charge in [0.1, 0.15) is 5.82 Å². The molecule has 2 rings (SSSR count). The first-order chi connectivity index (χ1) is 12.7. The van der Waals surface area contributed by atoms with Gasteiger partial charge in [0.25, 0.3) is 0 Å². The number of unbranched alkanes of at least 4 members (excludes halogenated alkanes) is 2. The fourth-order valence-corrected chi connectivity index (χ4v) is 6.36. The molecule has 0 spiro atoms. The third-order valence-corrected chi connectivity index (χ3v) is 8.70. The summed E-state index contributed by atoms with van der Waals surface area (Å²) in [6.07, 6.45) is 4.86. The zero-order chi connectivity index (χ0) is 20.2. The van der Waals surface area contributed by atoms with E-state index in [0.717, 1.165) is 18.9 Å². The zero-order valence-corrected chi connectivity index (χ0v) is 17.3. The first-order valence-corrected chi connectivity index (χ1v) is 13.0. The molecular weight excluding hydrogens is 368 g/mol. The van der Waals surface area contributed by atoms with Crippen molar-refractivity contribution in [1.82, 2.24) is 0 Å². The molecule has 2 aromatic carbocycles. The van der Waals surface area contributed by atoms with Crippen LogP contribution in [0.25, 0.3) is 10.8 Å². The van der Waals surface area contributed by atoms with Crippen LogP contribution in [0.4, 0.5) is 13.2 Å². The van der Waals surface area contributed by atoms with E-state index in [2.05, 4.69) is 20.0 Å². The van der Waals surface area contributed by atoms with Gasteiger partial charge in [-0.15, -0.1) is 0 Å². The Morgan fingerprint density at radius 2 is 1.59 bits per heavy atom. The van der Waals surface area contributed by atoms with E-state index >= 15 is 0 Å². The maximum atomic E-state index is 14.8. The molecule has 0 saturated carbocycles. The van der Waals surface area contributed by atoms with Crippen LogP contribution in [0.3, 0.4) is 0 Å². The van der Waals surface area contributed by atoms with Crippen molar-refractivity contribution in [2.24, 2.45) is 0 Å². The second-order valence-electron chi connectivity index (χ2n) is 8.07. The lowest BCUT2D eigenvalue weighted by Crippen LogP contribution is -2.34. The minimum absolute atomic E-state index is 0.0155. The highest BCUT2D eigenvalue weighted by Crippen LogP contribution is 2.26. The molecule has 0 radical (unpaired) electrons. The summed E-state index contributed by atoms with van der Waals surface area (Å²) in [5, 5.41) is 18.5. The molecule has 148 valence electrons. The van der Waals surface area contributed by atoms with Crippen LogP contribution in [-0.2, 0) is 6.42 Å². The molecule has 0 amide bonds. The van der Waals surface area contributed by atoms with Gasteiger partial charge < -0.3 is 10.0 Å². The molecule has 0 unspecified atom stereocenters. The molecule has 2 N–H and O–H groups in total. The molecule has 0 fully saturated rings. The minimum Gasteiger partial charge on any atom is -0.423 e. The number of rotatable bonds is 9. The van der Waals surface area contributed by atoms with Gasteiger partial charge in [-0.2, -0.15) is 0 Å². The zero-order valence-electron chi connectivity index (χ0n) is 16.3. The Hall–Kier alpha value is -1.31. The van der Waals surface area contributed by atoms with Crippen LogP contribution in [0, 0.1) is 17.5 Å². The van der Waals surface area contributed by atoms with Gasteiger partial charge in [-0.1, -0.05) is 63.5 Å². The predicted octanol–water partition coefficient (Wildman–Crippen LogP) is 4.77. The van der Waals surface area contributed by atoms with Crippen molar-refractivity contribution >= 4 is 31.4 Å². The number of fused-ring (bicyclic) bond motifs is 1. The number of halogens is 3. The average Bonchev–Trinajstić information content (AvgIpc) is 2.60. The number of aryl methyl sites for hydroxylation is 1. The molecule has 0 atom stereocenters.